The van der Waals surface area contributed by atoms with Crippen molar-refractivity contribution in [3.63, 3.8) is 0 Å². The van der Waals surface area contributed by atoms with Crippen LogP contribution in [0.5, 0.6) is 0 Å². The van der Waals surface area contributed by atoms with Crippen molar-refractivity contribution in [2.24, 2.45) is 0 Å². The monoisotopic (exact) mass is 268 g/mol. The Kier molecular flexibility index (Phi) is 6.52. The van der Waals surface area contributed by atoms with Crippen LogP contribution in [0.2, 0.25) is 0 Å². The highest BCUT2D eigenvalue weighted by Crippen LogP contribution is 2.12. The first-order valence-corrected chi connectivity index (χ1v) is 5.93. The standard InChI is InChI=1S/C13H17FN2O3/c1-19-8-4-7-15-12(17)9-13(18)16-11-6-3-2-5-10(11)14/h2-3,5-6H,4,7-9H2,1H3,(H,15,17)(H,16,18). The second-order valence-electron chi connectivity index (χ2n) is 3.90. The van der Waals surface area contributed by atoms with Gasteiger partial charge in [0, 0.05) is 20.3 Å². The molecule has 0 bridgehead atoms. The van der Waals surface area contributed by atoms with Crippen molar-refractivity contribution in [1.29, 1.82) is 0 Å². The molecule has 0 spiro atoms. The van der Waals surface area contributed by atoms with Gasteiger partial charge in [0.2, 0.25) is 11.8 Å². The van der Waals surface area contributed by atoms with E-state index in [2.05, 4.69) is 10.6 Å². The molecule has 1 aromatic carbocycles. The molecule has 0 aliphatic carbocycles. The Hall–Kier alpha value is -1.95. The number of halogens is 1. The first-order valence-electron chi connectivity index (χ1n) is 5.93. The Morgan fingerprint density at radius 2 is 2.00 bits per heavy atom. The quantitative estimate of drug-likeness (QED) is 0.578. The van der Waals surface area contributed by atoms with Gasteiger partial charge in [-0.1, -0.05) is 12.1 Å². The molecule has 0 saturated heterocycles. The molecule has 0 aliphatic rings. The zero-order chi connectivity index (χ0) is 14.1. The fourth-order valence-electron chi connectivity index (χ4n) is 1.41. The number of amides is 2. The molecule has 5 nitrogen and oxygen atoms in total. The van der Waals surface area contributed by atoms with Crippen LogP contribution < -0.4 is 10.6 Å². The SMILES string of the molecule is COCCCNC(=O)CC(=O)Nc1ccccc1F. The molecule has 0 aromatic heterocycles. The van der Waals surface area contributed by atoms with Gasteiger partial charge in [0.25, 0.3) is 0 Å². The summed E-state index contributed by atoms with van der Waals surface area (Å²) in [5, 5.41) is 4.92. The third-order valence-corrected chi connectivity index (χ3v) is 2.32. The maximum Gasteiger partial charge on any atom is 0.233 e. The number of hydrogen-bond acceptors (Lipinski definition) is 3. The number of ether oxygens (including phenoxy) is 1. The summed E-state index contributed by atoms with van der Waals surface area (Å²) in [7, 11) is 1.57. The van der Waals surface area contributed by atoms with Crippen LogP contribution in [-0.4, -0.2) is 32.1 Å². The summed E-state index contributed by atoms with van der Waals surface area (Å²) in [5.41, 5.74) is 0.0692. The van der Waals surface area contributed by atoms with Crippen LogP contribution in [0.15, 0.2) is 24.3 Å². The van der Waals surface area contributed by atoms with Crippen molar-refractivity contribution in [1.82, 2.24) is 5.32 Å². The summed E-state index contributed by atoms with van der Waals surface area (Å²) in [6.07, 6.45) is 0.346. The molecule has 2 amide bonds. The largest absolute Gasteiger partial charge is 0.385 e. The lowest BCUT2D eigenvalue weighted by atomic mass is 10.3. The topological polar surface area (TPSA) is 67.4 Å². The van der Waals surface area contributed by atoms with Crippen LogP contribution in [0.1, 0.15) is 12.8 Å². The number of rotatable bonds is 7. The Morgan fingerprint density at radius 1 is 1.26 bits per heavy atom. The van der Waals surface area contributed by atoms with Crippen LogP contribution in [-0.2, 0) is 14.3 Å². The van der Waals surface area contributed by atoms with Gasteiger partial charge in [0.05, 0.1) is 5.69 Å². The molecule has 104 valence electrons. The van der Waals surface area contributed by atoms with Gasteiger partial charge in [0.15, 0.2) is 0 Å². The van der Waals surface area contributed by atoms with E-state index in [0.717, 1.165) is 0 Å². The number of hydrogen-bond donors (Lipinski definition) is 2. The number of carbonyl (C=O) groups excluding carboxylic acids is 2. The highest BCUT2D eigenvalue weighted by Gasteiger charge is 2.10. The smallest absolute Gasteiger partial charge is 0.233 e. The van der Waals surface area contributed by atoms with Crippen LogP contribution in [0.4, 0.5) is 10.1 Å². The fourth-order valence-corrected chi connectivity index (χ4v) is 1.41. The molecule has 1 aromatic rings. The van der Waals surface area contributed by atoms with Crippen LogP contribution in [0.3, 0.4) is 0 Å². The Bertz CT molecular complexity index is 438. The second-order valence-corrected chi connectivity index (χ2v) is 3.90. The van der Waals surface area contributed by atoms with Crippen LogP contribution in [0, 0.1) is 5.82 Å². The summed E-state index contributed by atoms with van der Waals surface area (Å²) in [4.78, 5) is 22.9. The Labute approximate surface area is 111 Å². The third-order valence-electron chi connectivity index (χ3n) is 2.32. The number of benzene rings is 1. The van der Waals surface area contributed by atoms with Crippen LogP contribution >= 0.6 is 0 Å². The second kappa shape index (κ2) is 8.20. The molecule has 6 heteroatoms. The summed E-state index contributed by atoms with van der Waals surface area (Å²) in [5.74, 6) is -1.48. The lowest BCUT2D eigenvalue weighted by Gasteiger charge is -2.07. The minimum absolute atomic E-state index is 0.0692. The molecule has 1 rings (SSSR count). The molecule has 0 heterocycles. The molecule has 0 unspecified atom stereocenters. The summed E-state index contributed by atoms with van der Waals surface area (Å²) in [6.45, 7) is 0.987. The summed E-state index contributed by atoms with van der Waals surface area (Å²) in [6, 6.07) is 5.79. The predicted octanol–water partition coefficient (Wildman–Crippen LogP) is 1.31. The molecular weight excluding hydrogens is 251 g/mol. The molecule has 0 aliphatic heterocycles. The number of methoxy groups -OCH3 is 1. The van der Waals surface area contributed by atoms with Crippen molar-refractivity contribution < 1.29 is 18.7 Å². The van der Waals surface area contributed by atoms with Crippen LogP contribution in [0.25, 0.3) is 0 Å². The van der Waals surface area contributed by atoms with Gasteiger partial charge in [0.1, 0.15) is 12.2 Å². The minimum atomic E-state index is -0.547. The van der Waals surface area contributed by atoms with Crippen molar-refractivity contribution in [3.8, 4) is 0 Å². The molecule has 0 fully saturated rings. The molecular formula is C13H17FN2O3. The molecule has 0 radical (unpaired) electrons. The number of anilines is 1. The van der Waals surface area contributed by atoms with Gasteiger partial charge in [-0.25, -0.2) is 4.39 Å². The predicted molar refractivity (Wildman–Crippen MR) is 69.1 cm³/mol. The molecule has 2 N–H and O–H groups in total. The number of para-hydroxylation sites is 1. The van der Waals surface area contributed by atoms with Crippen molar-refractivity contribution >= 4 is 17.5 Å². The van der Waals surface area contributed by atoms with E-state index < -0.39 is 17.6 Å². The Morgan fingerprint density at radius 3 is 2.68 bits per heavy atom. The maximum atomic E-state index is 13.2. The highest BCUT2D eigenvalue weighted by molar-refractivity contribution is 6.03. The first-order chi connectivity index (χ1) is 9.13. The lowest BCUT2D eigenvalue weighted by molar-refractivity contribution is -0.126. The van der Waals surface area contributed by atoms with Gasteiger partial charge < -0.3 is 15.4 Å². The van der Waals surface area contributed by atoms with Gasteiger partial charge in [-0.2, -0.15) is 0 Å². The average molecular weight is 268 g/mol. The van der Waals surface area contributed by atoms with E-state index in [4.69, 9.17) is 4.74 Å². The number of carbonyl (C=O) groups is 2. The zero-order valence-corrected chi connectivity index (χ0v) is 10.7. The zero-order valence-electron chi connectivity index (χ0n) is 10.7. The van der Waals surface area contributed by atoms with Gasteiger partial charge in [-0.05, 0) is 18.6 Å². The van der Waals surface area contributed by atoms with E-state index in [1.54, 1.807) is 13.2 Å². The normalized spacial score (nSPS) is 10.0. The third kappa shape index (κ3) is 5.96. The van der Waals surface area contributed by atoms with Gasteiger partial charge in [-0.3, -0.25) is 9.59 Å². The van der Waals surface area contributed by atoms with E-state index in [1.165, 1.54) is 18.2 Å². The summed E-state index contributed by atoms with van der Waals surface area (Å²) >= 11 is 0. The highest BCUT2D eigenvalue weighted by atomic mass is 19.1. The number of nitrogens with one attached hydrogen (secondary N) is 2. The lowest BCUT2D eigenvalue weighted by Crippen LogP contribution is -2.29. The Balaban J connectivity index is 2.31. The summed E-state index contributed by atoms with van der Waals surface area (Å²) < 4.78 is 18.1. The first kappa shape index (κ1) is 15.1. The van der Waals surface area contributed by atoms with E-state index in [1.807, 2.05) is 0 Å². The van der Waals surface area contributed by atoms with Crippen molar-refractivity contribution in [2.45, 2.75) is 12.8 Å². The van der Waals surface area contributed by atoms with Gasteiger partial charge >= 0.3 is 0 Å². The fraction of sp³-hybridized carbons (Fsp3) is 0.385. The average Bonchev–Trinajstić information content (AvgIpc) is 2.37. The van der Waals surface area contributed by atoms with E-state index in [0.29, 0.717) is 19.6 Å². The van der Waals surface area contributed by atoms with E-state index >= 15 is 0 Å². The van der Waals surface area contributed by atoms with E-state index in [-0.39, 0.29) is 12.1 Å². The molecule has 19 heavy (non-hydrogen) atoms. The van der Waals surface area contributed by atoms with Gasteiger partial charge in [-0.15, -0.1) is 0 Å². The minimum Gasteiger partial charge on any atom is -0.385 e. The van der Waals surface area contributed by atoms with E-state index in [9.17, 15) is 14.0 Å². The van der Waals surface area contributed by atoms with Crippen molar-refractivity contribution in [2.75, 3.05) is 25.6 Å². The molecule has 0 saturated carbocycles. The maximum absolute atomic E-state index is 13.2. The molecule has 0 atom stereocenters. The van der Waals surface area contributed by atoms with Crippen molar-refractivity contribution in [3.05, 3.63) is 30.1 Å².